The van der Waals surface area contributed by atoms with Gasteiger partial charge in [0.1, 0.15) is 5.82 Å². The highest BCUT2D eigenvalue weighted by molar-refractivity contribution is 7.09. The Hall–Kier alpha value is -0.820. The van der Waals surface area contributed by atoms with Crippen molar-refractivity contribution in [3.63, 3.8) is 0 Å². The molecule has 1 saturated carbocycles. The number of rotatable bonds is 6. The standard InChI is InChI=1S/C9H14F2N4S/c10-7(11)5-15(4-3-12)9-13-8(14-16-9)6-1-2-6/h6-7H,1-5,12H2. The molecule has 0 unspecified atom stereocenters. The Morgan fingerprint density at radius 2 is 2.25 bits per heavy atom. The molecular weight excluding hydrogens is 234 g/mol. The van der Waals surface area contributed by atoms with Crippen LogP contribution in [0.1, 0.15) is 24.6 Å². The van der Waals surface area contributed by atoms with E-state index >= 15 is 0 Å². The van der Waals surface area contributed by atoms with Gasteiger partial charge in [-0.2, -0.15) is 4.37 Å². The van der Waals surface area contributed by atoms with E-state index in [0.29, 0.717) is 24.1 Å². The summed E-state index contributed by atoms with van der Waals surface area (Å²) < 4.78 is 28.9. The first-order chi connectivity index (χ1) is 7.70. The second-order valence-corrected chi connectivity index (χ2v) is 4.57. The molecule has 1 aliphatic rings. The van der Waals surface area contributed by atoms with E-state index in [0.717, 1.165) is 18.7 Å². The predicted octanol–water partition coefficient (Wildman–Crippen LogP) is 1.45. The molecule has 4 nitrogen and oxygen atoms in total. The Kier molecular flexibility index (Phi) is 3.65. The van der Waals surface area contributed by atoms with Crippen molar-refractivity contribution in [2.45, 2.75) is 25.2 Å². The zero-order chi connectivity index (χ0) is 11.5. The van der Waals surface area contributed by atoms with Crippen LogP contribution < -0.4 is 10.6 Å². The second kappa shape index (κ2) is 5.01. The maximum Gasteiger partial charge on any atom is 0.255 e. The summed E-state index contributed by atoms with van der Waals surface area (Å²) in [7, 11) is 0. The van der Waals surface area contributed by atoms with Gasteiger partial charge >= 0.3 is 0 Å². The number of nitrogens with zero attached hydrogens (tertiary/aromatic N) is 3. The topological polar surface area (TPSA) is 55.0 Å². The van der Waals surface area contributed by atoms with Crippen LogP contribution in [0.15, 0.2) is 0 Å². The first-order valence-electron chi connectivity index (χ1n) is 5.27. The number of aromatic nitrogens is 2. The van der Waals surface area contributed by atoms with E-state index in [9.17, 15) is 8.78 Å². The van der Waals surface area contributed by atoms with Gasteiger partial charge in [0.15, 0.2) is 0 Å². The molecule has 16 heavy (non-hydrogen) atoms. The van der Waals surface area contributed by atoms with Gasteiger partial charge in [0.2, 0.25) is 5.13 Å². The molecule has 1 aromatic rings. The molecule has 1 heterocycles. The van der Waals surface area contributed by atoms with Crippen LogP contribution in [0, 0.1) is 0 Å². The normalized spacial score (nSPS) is 15.8. The predicted molar refractivity (Wildman–Crippen MR) is 59.2 cm³/mol. The molecule has 0 bridgehead atoms. The van der Waals surface area contributed by atoms with Crippen molar-refractivity contribution in [1.82, 2.24) is 9.36 Å². The molecule has 0 radical (unpaired) electrons. The molecular formula is C9H14F2N4S. The van der Waals surface area contributed by atoms with Crippen molar-refractivity contribution in [3.05, 3.63) is 5.82 Å². The molecule has 0 saturated heterocycles. The number of hydrogen-bond donors (Lipinski definition) is 1. The fourth-order valence-corrected chi connectivity index (χ4v) is 2.23. The fourth-order valence-electron chi connectivity index (χ4n) is 1.45. The van der Waals surface area contributed by atoms with Gasteiger partial charge < -0.3 is 10.6 Å². The third-order valence-electron chi connectivity index (χ3n) is 2.40. The average molecular weight is 248 g/mol. The Labute approximate surface area is 96.6 Å². The summed E-state index contributed by atoms with van der Waals surface area (Å²) in [5.74, 6) is 1.26. The van der Waals surface area contributed by atoms with Crippen LogP contribution in [0.25, 0.3) is 0 Å². The number of alkyl halides is 2. The first-order valence-corrected chi connectivity index (χ1v) is 6.05. The molecule has 1 fully saturated rings. The minimum absolute atomic E-state index is 0.323. The lowest BCUT2D eigenvalue weighted by atomic mass is 10.4. The van der Waals surface area contributed by atoms with Crippen molar-refractivity contribution in [2.75, 3.05) is 24.5 Å². The molecule has 0 aromatic carbocycles. The minimum atomic E-state index is -2.38. The third kappa shape index (κ3) is 2.85. The molecule has 0 aliphatic heterocycles. The van der Waals surface area contributed by atoms with E-state index in [1.165, 1.54) is 16.4 Å². The van der Waals surface area contributed by atoms with Gasteiger partial charge in [-0.1, -0.05) is 0 Å². The van der Waals surface area contributed by atoms with Gasteiger partial charge in [-0.3, -0.25) is 0 Å². The molecule has 0 atom stereocenters. The highest BCUT2D eigenvalue weighted by atomic mass is 32.1. The SMILES string of the molecule is NCCN(CC(F)F)c1nc(C2CC2)ns1. The summed E-state index contributed by atoms with van der Waals surface area (Å²) in [6, 6.07) is 0. The summed E-state index contributed by atoms with van der Waals surface area (Å²) in [6.45, 7) is 0.408. The molecule has 0 spiro atoms. The Bertz CT molecular complexity index is 340. The van der Waals surface area contributed by atoms with Gasteiger partial charge in [0.25, 0.3) is 6.43 Å². The molecule has 90 valence electrons. The first kappa shape index (κ1) is 11.7. The number of hydrogen-bond acceptors (Lipinski definition) is 5. The highest BCUT2D eigenvalue weighted by Gasteiger charge is 2.28. The van der Waals surface area contributed by atoms with Crippen molar-refractivity contribution in [1.29, 1.82) is 0 Å². The fraction of sp³-hybridized carbons (Fsp3) is 0.778. The molecule has 1 aromatic heterocycles. The lowest BCUT2D eigenvalue weighted by Crippen LogP contribution is -2.33. The van der Waals surface area contributed by atoms with Crippen LogP contribution in [0.2, 0.25) is 0 Å². The van der Waals surface area contributed by atoms with E-state index in [4.69, 9.17) is 5.73 Å². The zero-order valence-corrected chi connectivity index (χ0v) is 9.59. The number of anilines is 1. The second-order valence-electron chi connectivity index (χ2n) is 3.84. The van der Waals surface area contributed by atoms with E-state index in [1.54, 1.807) is 0 Å². The van der Waals surface area contributed by atoms with Gasteiger partial charge in [-0.25, -0.2) is 13.8 Å². The number of nitrogens with two attached hydrogens (primary N) is 1. The van der Waals surface area contributed by atoms with E-state index in [1.807, 2.05) is 0 Å². The van der Waals surface area contributed by atoms with Crippen molar-refractivity contribution >= 4 is 16.7 Å². The van der Waals surface area contributed by atoms with E-state index in [2.05, 4.69) is 9.36 Å². The van der Waals surface area contributed by atoms with Gasteiger partial charge in [0, 0.05) is 30.5 Å². The van der Waals surface area contributed by atoms with Gasteiger partial charge in [0.05, 0.1) is 6.54 Å². The number of halogens is 2. The summed E-state index contributed by atoms with van der Waals surface area (Å²) in [5.41, 5.74) is 5.39. The lowest BCUT2D eigenvalue weighted by molar-refractivity contribution is 0.155. The lowest BCUT2D eigenvalue weighted by Gasteiger charge is -2.19. The summed E-state index contributed by atoms with van der Waals surface area (Å²) in [4.78, 5) is 5.80. The largest absolute Gasteiger partial charge is 0.340 e. The van der Waals surface area contributed by atoms with Crippen molar-refractivity contribution in [3.8, 4) is 0 Å². The summed E-state index contributed by atoms with van der Waals surface area (Å²) in [6.07, 6.45) is -0.149. The zero-order valence-electron chi connectivity index (χ0n) is 8.77. The summed E-state index contributed by atoms with van der Waals surface area (Å²) in [5, 5.41) is 0.563. The summed E-state index contributed by atoms with van der Waals surface area (Å²) >= 11 is 1.18. The van der Waals surface area contributed by atoms with Crippen LogP contribution in [0.4, 0.5) is 13.9 Å². The Morgan fingerprint density at radius 1 is 1.50 bits per heavy atom. The Morgan fingerprint density at radius 3 is 2.81 bits per heavy atom. The van der Waals surface area contributed by atoms with Gasteiger partial charge in [-0.05, 0) is 12.8 Å². The molecule has 0 amide bonds. The molecule has 7 heteroatoms. The molecule has 2 N–H and O–H groups in total. The van der Waals surface area contributed by atoms with Gasteiger partial charge in [-0.15, -0.1) is 0 Å². The van der Waals surface area contributed by atoms with Crippen molar-refractivity contribution < 1.29 is 8.78 Å². The van der Waals surface area contributed by atoms with Crippen LogP contribution in [0.3, 0.4) is 0 Å². The average Bonchev–Trinajstić information content (AvgIpc) is 2.96. The highest BCUT2D eigenvalue weighted by Crippen LogP contribution is 2.39. The van der Waals surface area contributed by atoms with Crippen LogP contribution >= 0.6 is 11.5 Å². The Balaban J connectivity index is 2.04. The minimum Gasteiger partial charge on any atom is -0.340 e. The van der Waals surface area contributed by atoms with Crippen LogP contribution in [-0.2, 0) is 0 Å². The monoisotopic (exact) mass is 248 g/mol. The quantitative estimate of drug-likeness (QED) is 0.827. The smallest absolute Gasteiger partial charge is 0.255 e. The van der Waals surface area contributed by atoms with Crippen LogP contribution in [0.5, 0.6) is 0 Å². The molecule has 1 aliphatic carbocycles. The third-order valence-corrected chi connectivity index (χ3v) is 3.19. The van der Waals surface area contributed by atoms with E-state index in [-0.39, 0.29) is 6.54 Å². The van der Waals surface area contributed by atoms with Crippen molar-refractivity contribution in [2.24, 2.45) is 5.73 Å². The van der Waals surface area contributed by atoms with Crippen LogP contribution in [-0.4, -0.2) is 35.4 Å². The molecule has 2 rings (SSSR count). The maximum absolute atomic E-state index is 12.3. The van der Waals surface area contributed by atoms with E-state index < -0.39 is 6.43 Å². The maximum atomic E-state index is 12.3.